The van der Waals surface area contributed by atoms with Gasteiger partial charge >= 0.3 is 6.03 Å². The van der Waals surface area contributed by atoms with Gasteiger partial charge in [-0.1, -0.05) is 44.0 Å². The molecule has 1 saturated heterocycles. The summed E-state index contributed by atoms with van der Waals surface area (Å²) in [6, 6.07) is 14.6. The highest BCUT2D eigenvalue weighted by Crippen LogP contribution is 2.26. The Morgan fingerprint density at radius 1 is 1.03 bits per heavy atom. The summed E-state index contributed by atoms with van der Waals surface area (Å²) >= 11 is 0. The minimum absolute atomic E-state index is 0.125. The lowest BCUT2D eigenvalue weighted by atomic mass is 10.1. The molecule has 9 heteroatoms. The van der Waals surface area contributed by atoms with E-state index in [0.717, 1.165) is 41.0 Å². The molecule has 1 unspecified atom stereocenters. The predicted octanol–water partition coefficient (Wildman–Crippen LogP) is 3.85. The van der Waals surface area contributed by atoms with Crippen LogP contribution in [-0.4, -0.2) is 64.9 Å². The first-order valence-electron chi connectivity index (χ1n) is 11.8. The molecule has 1 fully saturated rings. The highest BCUT2D eigenvalue weighted by atomic mass is 16.5. The molecule has 2 N–H and O–H groups in total. The molecule has 3 rings (SSSR count). The first-order chi connectivity index (χ1) is 16.7. The minimum Gasteiger partial charge on any atom is -0.494 e. The smallest absolute Gasteiger partial charge is 0.325 e. The number of amides is 4. The van der Waals surface area contributed by atoms with Gasteiger partial charge in [-0.2, -0.15) is 0 Å². The quantitative estimate of drug-likeness (QED) is 0.147. The van der Waals surface area contributed by atoms with Crippen molar-refractivity contribution >= 4 is 18.3 Å². The molecule has 0 aliphatic carbocycles. The van der Waals surface area contributed by atoms with Crippen molar-refractivity contribution in [2.24, 2.45) is 0 Å². The molecule has 0 bridgehead atoms. The summed E-state index contributed by atoms with van der Waals surface area (Å²) in [4.78, 5) is 36.7. The van der Waals surface area contributed by atoms with Crippen LogP contribution in [0.15, 0.2) is 48.5 Å². The maximum atomic E-state index is 12.5. The Bertz CT molecular complexity index is 1010. The minimum atomic E-state index is -1.02. The van der Waals surface area contributed by atoms with Crippen molar-refractivity contribution in [1.82, 2.24) is 15.3 Å². The standard InChI is InChI=1S/C26H33N3O6/c1-4-5-6-15-34-21-11-7-19(8-12-21)20-9-13-22(14-10-20)35-23(16-28(33)18-30)17-29-24(31)26(2,3)27-25(29)32/h7-14,18,23,33H,4-6,15-17H2,1-3H3,(H,27,32). The number of urea groups is 1. The van der Waals surface area contributed by atoms with Crippen LogP contribution in [0.4, 0.5) is 4.79 Å². The van der Waals surface area contributed by atoms with Crippen LogP contribution >= 0.6 is 0 Å². The van der Waals surface area contributed by atoms with Crippen LogP contribution in [0.2, 0.25) is 0 Å². The van der Waals surface area contributed by atoms with E-state index in [1.54, 1.807) is 26.0 Å². The van der Waals surface area contributed by atoms with Gasteiger partial charge in [0.05, 0.1) is 19.7 Å². The van der Waals surface area contributed by atoms with Crippen molar-refractivity contribution in [3.8, 4) is 22.6 Å². The lowest BCUT2D eigenvalue weighted by Crippen LogP contribution is -2.45. The summed E-state index contributed by atoms with van der Waals surface area (Å²) < 4.78 is 11.7. The average Bonchev–Trinajstić information content (AvgIpc) is 3.04. The fourth-order valence-electron chi connectivity index (χ4n) is 3.78. The van der Waals surface area contributed by atoms with Gasteiger partial charge in [0.1, 0.15) is 23.1 Å². The van der Waals surface area contributed by atoms with Crippen molar-refractivity contribution in [3.63, 3.8) is 0 Å². The molecule has 0 radical (unpaired) electrons. The molecule has 35 heavy (non-hydrogen) atoms. The third-order valence-corrected chi connectivity index (χ3v) is 5.70. The van der Waals surface area contributed by atoms with Gasteiger partial charge in [-0.05, 0) is 55.7 Å². The number of hydroxylamine groups is 2. The van der Waals surface area contributed by atoms with Crippen molar-refractivity contribution in [2.75, 3.05) is 19.7 Å². The molecule has 0 saturated carbocycles. The maximum absolute atomic E-state index is 12.5. The fraction of sp³-hybridized carbons (Fsp3) is 0.423. The van der Waals surface area contributed by atoms with Crippen molar-refractivity contribution < 1.29 is 29.1 Å². The molecule has 1 heterocycles. The van der Waals surface area contributed by atoms with E-state index in [0.29, 0.717) is 17.4 Å². The van der Waals surface area contributed by atoms with Gasteiger partial charge in [-0.25, -0.2) is 9.86 Å². The Kier molecular flexibility index (Phi) is 8.70. The number of nitrogens with one attached hydrogen (secondary N) is 1. The van der Waals surface area contributed by atoms with Gasteiger partial charge in [0.25, 0.3) is 5.91 Å². The molecule has 1 aliphatic heterocycles. The number of hydrogen-bond acceptors (Lipinski definition) is 6. The second kappa shape index (κ2) is 11.7. The molecule has 2 aromatic carbocycles. The molecule has 2 aromatic rings. The predicted molar refractivity (Wildman–Crippen MR) is 130 cm³/mol. The molecule has 9 nitrogen and oxygen atoms in total. The summed E-state index contributed by atoms with van der Waals surface area (Å²) in [7, 11) is 0. The zero-order valence-corrected chi connectivity index (χ0v) is 20.4. The normalized spacial score (nSPS) is 15.5. The summed E-state index contributed by atoms with van der Waals surface area (Å²) in [5, 5.41) is 12.7. The molecule has 0 spiro atoms. The van der Waals surface area contributed by atoms with E-state index in [2.05, 4.69) is 12.2 Å². The van der Waals surface area contributed by atoms with Gasteiger partial charge in [-0.3, -0.25) is 19.7 Å². The molecule has 1 atom stereocenters. The monoisotopic (exact) mass is 483 g/mol. The number of ether oxygens (including phenoxy) is 2. The van der Waals surface area contributed by atoms with E-state index in [9.17, 15) is 19.6 Å². The average molecular weight is 484 g/mol. The number of rotatable bonds is 13. The Morgan fingerprint density at radius 3 is 2.14 bits per heavy atom. The number of benzene rings is 2. The highest BCUT2D eigenvalue weighted by Gasteiger charge is 2.45. The molecular formula is C26H33N3O6. The van der Waals surface area contributed by atoms with Gasteiger partial charge < -0.3 is 14.8 Å². The second-order valence-electron chi connectivity index (χ2n) is 9.04. The Labute approximate surface area is 205 Å². The number of nitrogens with zero attached hydrogens (tertiary/aromatic N) is 2. The van der Waals surface area contributed by atoms with E-state index in [1.807, 2.05) is 36.4 Å². The lowest BCUT2D eigenvalue weighted by molar-refractivity contribution is -0.154. The van der Waals surface area contributed by atoms with E-state index < -0.39 is 23.6 Å². The Balaban J connectivity index is 1.65. The van der Waals surface area contributed by atoms with Crippen LogP contribution in [0.3, 0.4) is 0 Å². The highest BCUT2D eigenvalue weighted by molar-refractivity contribution is 6.06. The number of carbonyl (C=O) groups excluding carboxylic acids is 3. The number of imide groups is 1. The Hall–Kier alpha value is -3.59. The van der Waals surface area contributed by atoms with E-state index in [1.165, 1.54) is 0 Å². The molecule has 1 aliphatic rings. The van der Waals surface area contributed by atoms with Gasteiger partial charge in [0, 0.05) is 0 Å². The zero-order valence-electron chi connectivity index (χ0n) is 20.4. The summed E-state index contributed by atoms with van der Waals surface area (Å²) in [6.45, 7) is 5.74. The SMILES string of the molecule is CCCCCOc1ccc(-c2ccc(OC(CN(O)C=O)CN3C(=O)NC(C)(C)C3=O)cc2)cc1. The van der Waals surface area contributed by atoms with Crippen molar-refractivity contribution in [3.05, 3.63) is 48.5 Å². The van der Waals surface area contributed by atoms with E-state index in [-0.39, 0.29) is 19.5 Å². The summed E-state index contributed by atoms with van der Waals surface area (Å²) in [5.74, 6) is 0.903. The molecular weight excluding hydrogens is 450 g/mol. The molecule has 4 amide bonds. The first kappa shape index (κ1) is 26.0. The fourth-order valence-corrected chi connectivity index (χ4v) is 3.78. The first-order valence-corrected chi connectivity index (χ1v) is 11.8. The maximum Gasteiger partial charge on any atom is 0.325 e. The van der Waals surface area contributed by atoms with Gasteiger partial charge in [0.15, 0.2) is 0 Å². The third kappa shape index (κ3) is 6.95. The van der Waals surface area contributed by atoms with Crippen LogP contribution in [0.1, 0.15) is 40.0 Å². The largest absolute Gasteiger partial charge is 0.494 e. The van der Waals surface area contributed by atoms with E-state index in [4.69, 9.17) is 9.47 Å². The third-order valence-electron chi connectivity index (χ3n) is 5.70. The van der Waals surface area contributed by atoms with Gasteiger partial charge in [0.2, 0.25) is 6.41 Å². The number of hydrogen-bond donors (Lipinski definition) is 2. The van der Waals surface area contributed by atoms with Crippen LogP contribution < -0.4 is 14.8 Å². The van der Waals surface area contributed by atoms with Gasteiger partial charge in [-0.15, -0.1) is 0 Å². The van der Waals surface area contributed by atoms with Crippen LogP contribution in [-0.2, 0) is 9.59 Å². The topological polar surface area (TPSA) is 108 Å². The summed E-state index contributed by atoms with van der Waals surface area (Å²) in [6.07, 6.45) is 2.76. The summed E-state index contributed by atoms with van der Waals surface area (Å²) in [5.41, 5.74) is 0.958. The molecule has 188 valence electrons. The van der Waals surface area contributed by atoms with Crippen LogP contribution in [0, 0.1) is 0 Å². The lowest BCUT2D eigenvalue weighted by Gasteiger charge is -2.25. The second-order valence-corrected chi connectivity index (χ2v) is 9.04. The number of carbonyl (C=O) groups is 3. The Morgan fingerprint density at radius 2 is 1.63 bits per heavy atom. The van der Waals surface area contributed by atoms with Crippen LogP contribution in [0.5, 0.6) is 11.5 Å². The van der Waals surface area contributed by atoms with Crippen LogP contribution in [0.25, 0.3) is 11.1 Å². The van der Waals surface area contributed by atoms with Crippen molar-refractivity contribution in [1.29, 1.82) is 0 Å². The molecule has 0 aromatic heterocycles. The zero-order chi connectivity index (χ0) is 25.4. The number of unbranched alkanes of at least 4 members (excludes halogenated alkanes) is 2. The van der Waals surface area contributed by atoms with E-state index >= 15 is 0 Å². The van der Waals surface area contributed by atoms with Crippen molar-refractivity contribution in [2.45, 2.75) is 51.7 Å².